The Morgan fingerprint density at radius 3 is 2.76 bits per heavy atom. The molecule has 2 bridgehead atoms. The highest BCUT2D eigenvalue weighted by Gasteiger charge is 2.51. The lowest BCUT2D eigenvalue weighted by Gasteiger charge is -2.28. The van der Waals surface area contributed by atoms with Crippen molar-refractivity contribution in [1.29, 1.82) is 0 Å². The number of amides is 1. The Kier molecular flexibility index (Phi) is 3.36. The Hall–Kier alpha value is -1.52. The van der Waals surface area contributed by atoms with Crippen LogP contribution in [0.2, 0.25) is 0 Å². The van der Waals surface area contributed by atoms with Gasteiger partial charge in [0.25, 0.3) is 0 Å². The lowest BCUT2D eigenvalue weighted by Crippen LogP contribution is -2.47. The van der Waals surface area contributed by atoms with Gasteiger partial charge in [0.2, 0.25) is 0 Å². The van der Waals surface area contributed by atoms with Gasteiger partial charge >= 0.3 is 12.1 Å². The Morgan fingerprint density at radius 2 is 2.12 bits per heavy atom. The molecular formula is C12H17NO4. The molecule has 2 saturated carbocycles. The molecule has 0 aromatic carbocycles. The van der Waals surface area contributed by atoms with Crippen molar-refractivity contribution in [1.82, 2.24) is 5.32 Å². The molecule has 1 amide bonds. The third kappa shape index (κ3) is 2.28. The maximum absolute atomic E-state index is 11.4. The van der Waals surface area contributed by atoms with Gasteiger partial charge in [-0.3, -0.25) is 4.79 Å². The predicted octanol–water partition coefficient (Wildman–Crippen LogP) is 1.40. The van der Waals surface area contributed by atoms with Gasteiger partial charge in [-0.2, -0.15) is 0 Å². The maximum atomic E-state index is 11.4. The average Bonchev–Trinajstić information content (AvgIpc) is 2.86. The lowest BCUT2D eigenvalue weighted by molar-refractivity contribution is -0.144. The highest BCUT2D eigenvalue weighted by molar-refractivity contribution is 5.74. The van der Waals surface area contributed by atoms with Crippen LogP contribution < -0.4 is 5.32 Å². The molecule has 2 rings (SSSR count). The number of carbonyl (C=O) groups is 2. The van der Waals surface area contributed by atoms with Crippen LogP contribution in [0.4, 0.5) is 4.79 Å². The number of hydrogen-bond donors (Lipinski definition) is 2. The van der Waals surface area contributed by atoms with Gasteiger partial charge in [-0.25, -0.2) is 4.79 Å². The quantitative estimate of drug-likeness (QED) is 0.727. The first-order chi connectivity index (χ1) is 8.13. The number of nitrogens with one attached hydrogen (secondary N) is 1. The van der Waals surface area contributed by atoms with E-state index < -0.39 is 18.0 Å². The molecule has 0 spiro atoms. The number of carboxylic acid groups (broad SMARTS) is 1. The third-order valence-corrected chi connectivity index (χ3v) is 3.82. The van der Waals surface area contributed by atoms with Gasteiger partial charge in [-0.1, -0.05) is 12.7 Å². The molecule has 2 aliphatic carbocycles. The van der Waals surface area contributed by atoms with E-state index in [4.69, 9.17) is 4.74 Å². The molecule has 0 unspecified atom stereocenters. The monoisotopic (exact) mass is 239 g/mol. The van der Waals surface area contributed by atoms with Crippen molar-refractivity contribution >= 4 is 12.1 Å². The molecule has 2 fully saturated rings. The van der Waals surface area contributed by atoms with Gasteiger partial charge in [-0.05, 0) is 31.1 Å². The van der Waals surface area contributed by atoms with Crippen LogP contribution in [0.25, 0.3) is 0 Å². The van der Waals surface area contributed by atoms with E-state index in [1.54, 1.807) is 0 Å². The summed E-state index contributed by atoms with van der Waals surface area (Å²) < 4.78 is 4.83. The first-order valence-electron chi connectivity index (χ1n) is 5.90. The van der Waals surface area contributed by atoms with E-state index in [9.17, 15) is 14.7 Å². The SMILES string of the molecule is C=CCOC(=O)N[C@H]1[C@@H]2CC[C@@H](C2)[C@H]1C(=O)O. The van der Waals surface area contributed by atoms with Crippen molar-refractivity contribution in [3.05, 3.63) is 12.7 Å². The van der Waals surface area contributed by atoms with Crippen LogP contribution in [0.5, 0.6) is 0 Å². The summed E-state index contributed by atoms with van der Waals surface area (Å²) in [6.07, 6.45) is 3.80. The summed E-state index contributed by atoms with van der Waals surface area (Å²) in [6, 6.07) is -0.274. The molecule has 4 atom stereocenters. The highest BCUT2D eigenvalue weighted by Crippen LogP contribution is 2.48. The lowest BCUT2D eigenvalue weighted by atomic mass is 9.84. The number of carboxylic acids is 1. The van der Waals surface area contributed by atoms with Gasteiger partial charge < -0.3 is 15.2 Å². The average molecular weight is 239 g/mol. The van der Waals surface area contributed by atoms with Crippen molar-refractivity contribution in [3.8, 4) is 0 Å². The van der Waals surface area contributed by atoms with Gasteiger partial charge in [-0.15, -0.1) is 0 Å². The number of fused-ring (bicyclic) bond motifs is 2. The molecular weight excluding hydrogens is 222 g/mol. The van der Waals surface area contributed by atoms with E-state index in [0.717, 1.165) is 19.3 Å². The fraction of sp³-hybridized carbons (Fsp3) is 0.667. The molecule has 0 heterocycles. The standard InChI is InChI=1S/C12H17NO4/c1-2-5-17-12(16)13-10-8-4-3-7(6-8)9(10)11(14)15/h2,7-10H,1,3-6H2,(H,13,16)(H,14,15)/t7-,8+,9+,10-/m0/s1. The Morgan fingerprint density at radius 1 is 1.41 bits per heavy atom. The number of hydrogen-bond acceptors (Lipinski definition) is 3. The van der Waals surface area contributed by atoms with E-state index in [-0.39, 0.29) is 24.5 Å². The number of alkyl carbamates (subject to hydrolysis) is 1. The second kappa shape index (κ2) is 4.77. The minimum Gasteiger partial charge on any atom is -0.481 e. The minimum absolute atomic E-state index is 0.143. The molecule has 2 aliphatic rings. The molecule has 0 aliphatic heterocycles. The molecule has 17 heavy (non-hydrogen) atoms. The molecule has 0 aromatic heterocycles. The fourth-order valence-electron chi connectivity index (χ4n) is 3.17. The number of carbonyl (C=O) groups excluding carboxylic acids is 1. The number of aliphatic carboxylic acids is 1. The van der Waals surface area contributed by atoms with Crippen LogP contribution in [-0.4, -0.2) is 29.8 Å². The van der Waals surface area contributed by atoms with Crippen molar-refractivity contribution in [2.75, 3.05) is 6.61 Å². The van der Waals surface area contributed by atoms with E-state index in [1.807, 2.05) is 0 Å². The van der Waals surface area contributed by atoms with E-state index >= 15 is 0 Å². The van der Waals surface area contributed by atoms with Crippen LogP contribution in [0.1, 0.15) is 19.3 Å². The van der Waals surface area contributed by atoms with E-state index in [1.165, 1.54) is 6.08 Å². The minimum atomic E-state index is -0.814. The van der Waals surface area contributed by atoms with Crippen LogP contribution in [-0.2, 0) is 9.53 Å². The summed E-state index contributed by atoms with van der Waals surface area (Å²) in [5.74, 6) is -0.768. The molecule has 5 nitrogen and oxygen atoms in total. The Balaban J connectivity index is 1.96. The summed E-state index contributed by atoms with van der Waals surface area (Å²) in [7, 11) is 0. The summed E-state index contributed by atoms with van der Waals surface area (Å²) in [5.41, 5.74) is 0. The van der Waals surface area contributed by atoms with Crippen molar-refractivity contribution < 1.29 is 19.4 Å². The maximum Gasteiger partial charge on any atom is 0.407 e. The fourth-order valence-corrected chi connectivity index (χ4v) is 3.17. The second-order valence-electron chi connectivity index (χ2n) is 4.75. The zero-order chi connectivity index (χ0) is 12.4. The van der Waals surface area contributed by atoms with Crippen LogP contribution in [0.3, 0.4) is 0 Å². The summed E-state index contributed by atoms with van der Waals surface area (Å²) in [6.45, 7) is 3.59. The zero-order valence-corrected chi connectivity index (χ0v) is 9.59. The molecule has 0 saturated heterocycles. The van der Waals surface area contributed by atoms with Crippen LogP contribution >= 0.6 is 0 Å². The molecule has 0 radical (unpaired) electrons. The van der Waals surface area contributed by atoms with Gasteiger partial charge in [0.15, 0.2) is 0 Å². The third-order valence-electron chi connectivity index (χ3n) is 3.82. The first kappa shape index (κ1) is 12.0. The highest BCUT2D eigenvalue weighted by atomic mass is 16.5. The van der Waals surface area contributed by atoms with Gasteiger partial charge in [0, 0.05) is 6.04 Å². The summed E-state index contributed by atoms with van der Waals surface area (Å²) >= 11 is 0. The Labute approximate surface area is 99.8 Å². The number of rotatable bonds is 4. The van der Waals surface area contributed by atoms with Crippen LogP contribution in [0.15, 0.2) is 12.7 Å². The molecule has 5 heteroatoms. The molecule has 0 aromatic rings. The second-order valence-corrected chi connectivity index (χ2v) is 4.75. The van der Waals surface area contributed by atoms with Crippen molar-refractivity contribution in [3.63, 3.8) is 0 Å². The zero-order valence-electron chi connectivity index (χ0n) is 9.59. The van der Waals surface area contributed by atoms with Crippen LogP contribution in [0, 0.1) is 17.8 Å². The topological polar surface area (TPSA) is 75.6 Å². The van der Waals surface area contributed by atoms with Gasteiger partial charge in [0.1, 0.15) is 6.61 Å². The normalized spacial score (nSPS) is 34.4. The Bertz CT molecular complexity index is 341. The predicted molar refractivity (Wildman–Crippen MR) is 60.4 cm³/mol. The van der Waals surface area contributed by atoms with E-state index in [2.05, 4.69) is 11.9 Å². The first-order valence-corrected chi connectivity index (χ1v) is 5.90. The van der Waals surface area contributed by atoms with Gasteiger partial charge in [0.05, 0.1) is 5.92 Å². The van der Waals surface area contributed by atoms with Crippen molar-refractivity contribution in [2.24, 2.45) is 17.8 Å². The number of ether oxygens (including phenoxy) is 1. The summed E-state index contributed by atoms with van der Waals surface area (Å²) in [5, 5.41) is 11.9. The van der Waals surface area contributed by atoms with Crippen molar-refractivity contribution in [2.45, 2.75) is 25.3 Å². The molecule has 94 valence electrons. The summed E-state index contributed by atoms with van der Waals surface area (Å²) in [4.78, 5) is 22.6. The van der Waals surface area contributed by atoms with E-state index in [0.29, 0.717) is 0 Å². The smallest absolute Gasteiger partial charge is 0.407 e. The largest absolute Gasteiger partial charge is 0.481 e. The molecule has 2 N–H and O–H groups in total.